The van der Waals surface area contributed by atoms with Crippen LogP contribution in [-0.2, 0) is 0 Å². The van der Waals surface area contributed by atoms with Crippen LogP contribution in [0.25, 0.3) is 0 Å². The molecule has 1 aromatic heterocycles. The van der Waals surface area contributed by atoms with Gasteiger partial charge in [-0.3, -0.25) is 0 Å². The monoisotopic (exact) mass is 364 g/mol. The predicted octanol–water partition coefficient (Wildman–Crippen LogP) is 4.32. The van der Waals surface area contributed by atoms with E-state index in [4.69, 9.17) is 11.6 Å². The van der Waals surface area contributed by atoms with Gasteiger partial charge < -0.3 is 15.7 Å². The molecule has 7 heteroatoms. The number of rotatable bonds is 7. The lowest BCUT2D eigenvalue weighted by Gasteiger charge is -2.20. The highest BCUT2D eigenvalue weighted by molar-refractivity contribution is 6.30. The number of aliphatic hydroxyl groups is 1. The van der Waals surface area contributed by atoms with Crippen LogP contribution in [0.1, 0.15) is 38.3 Å². The van der Waals surface area contributed by atoms with Crippen LogP contribution in [0, 0.1) is 11.7 Å². The molecule has 1 heterocycles. The summed E-state index contributed by atoms with van der Waals surface area (Å²) in [4.78, 5) is 8.98. The van der Waals surface area contributed by atoms with Gasteiger partial charge in [0.15, 0.2) is 0 Å². The number of hydrogen-bond donors (Lipinski definition) is 3. The largest absolute Gasteiger partial charge is 0.394 e. The van der Waals surface area contributed by atoms with E-state index in [9.17, 15) is 9.50 Å². The molecule has 0 aliphatic heterocycles. The van der Waals surface area contributed by atoms with Gasteiger partial charge in [-0.2, -0.15) is 4.98 Å². The minimum absolute atomic E-state index is 0.0135. The first-order chi connectivity index (χ1) is 12.0. The molecule has 1 saturated carbocycles. The Morgan fingerprint density at radius 3 is 2.68 bits per heavy atom. The number of hydrogen-bond acceptors (Lipinski definition) is 5. The first-order valence-corrected chi connectivity index (χ1v) is 8.82. The molecule has 0 saturated heterocycles. The molecule has 2 aromatic rings. The Morgan fingerprint density at radius 1 is 1.28 bits per heavy atom. The second-order valence-corrected chi connectivity index (χ2v) is 7.14. The maximum atomic E-state index is 14.0. The summed E-state index contributed by atoms with van der Waals surface area (Å²) in [5, 5.41) is 16.1. The third kappa shape index (κ3) is 4.58. The standard InChI is InChI=1S/C18H22ClFN4O/c1-10(2)16(9-25)23-18-22-14(11-3-4-11)8-17(24-18)21-15-7-12(19)5-6-13(15)20/h5-8,10-11,16,25H,3-4,9H2,1-2H3,(H2,21,22,23,24)/t16-/m0/s1. The number of nitrogens with zero attached hydrogens (tertiary/aromatic N) is 2. The summed E-state index contributed by atoms with van der Waals surface area (Å²) in [6.07, 6.45) is 2.18. The highest BCUT2D eigenvalue weighted by Gasteiger charge is 2.27. The Morgan fingerprint density at radius 2 is 2.04 bits per heavy atom. The van der Waals surface area contributed by atoms with Crippen molar-refractivity contribution in [3.63, 3.8) is 0 Å². The Balaban J connectivity index is 1.89. The molecule has 3 N–H and O–H groups in total. The quantitative estimate of drug-likeness (QED) is 0.682. The zero-order valence-corrected chi connectivity index (χ0v) is 15.0. The van der Waals surface area contributed by atoms with E-state index in [1.54, 1.807) is 0 Å². The van der Waals surface area contributed by atoms with Gasteiger partial charge in [0.05, 0.1) is 24.0 Å². The van der Waals surface area contributed by atoms with Crippen molar-refractivity contribution >= 4 is 29.1 Å². The second kappa shape index (κ2) is 7.54. The van der Waals surface area contributed by atoms with Gasteiger partial charge >= 0.3 is 0 Å². The van der Waals surface area contributed by atoms with Crippen molar-refractivity contribution < 1.29 is 9.50 Å². The van der Waals surface area contributed by atoms with Crippen molar-refractivity contribution in [1.82, 2.24) is 9.97 Å². The van der Waals surface area contributed by atoms with Gasteiger partial charge in [0, 0.05) is 17.0 Å². The molecule has 1 aromatic carbocycles. The highest BCUT2D eigenvalue weighted by atomic mass is 35.5. The molecule has 1 aliphatic carbocycles. The van der Waals surface area contributed by atoms with Gasteiger partial charge in [0.1, 0.15) is 11.6 Å². The third-order valence-corrected chi connectivity index (χ3v) is 4.48. The first-order valence-electron chi connectivity index (χ1n) is 8.44. The topological polar surface area (TPSA) is 70.1 Å². The molecular weight excluding hydrogens is 343 g/mol. The molecule has 1 atom stereocenters. The molecule has 1 aliphatic rings. The van der Waals surface area contributed by atoms with Crippen molar-refractivity contribution in [2.45, 2.75) is 38.6 Å². The van der Waals surface area contributed by atoms with Crippen LogP contribution in [0.2, 0.25) is 5.02 Å². The molecule has 3 rings (SSSR count). The van der Waals surface area contributed by atoms with Crippen LogP contribution >= 0.6 is 11.6 Å². The number of aromatic nitrogens is 2. The zero-order chi connectivity index (χ0) is 18.0. The molecule has 0 amide bonds. The van der Waals surface area contributed by atoms with Crippen molar-refractivity contribution in [1.29, 1.82) is 0 Å². The summed E-state index contributed by atoms with van der Waals surface area (Å²) in [6.45, 7) is 4.01. The van der Waals surface area contributed by atoms with Crippen LogP contribution in [0.4, 0.5) is 21.8 Å². The number of aliphatic hydroxyl groups excluding tert-OH is 1. The normalized spacial score (nSPS) is 15.3. The fourth-order valence-corrected chi connectivity index (χ4v) is 2.68. The van der Waals surface area contributed by atoms with E-state index >= 15 is 0 Å². The van der Waals surface area contributed by atoms with Crippen molar-refractivity contribution in [3.05, 3.63) is 40.8 Å². The average molecular weight is 365 g/mol. The molecule has 0 spiro atoms. The van der Waals surface area contributed by atoms with Crippen LogP contribution in [0.15, 0.2) is 24.3 Å². The summed E-state index contributed by atoms with van der Waals surface area (Å²) in [7, 11) is 0. The fourth-order valence-electron chi connectivity index (χ4n) is 2.50. The maximum Gasteiger partial charge on any atom is 0.225 e. The van der Waals surface area contributed by atoms with E-state index in [0.717, 1.165) is 18.5 Å². The SMILES string of the molecule is CC(C)[C@H](CO)Nc1nc(Nc2cc(Cl)ccc2F)cc(C2CC2)n1. The Bertz CT molecular complexity index is 752. The van der Waals surface area contributed by atoms with Crippen molar-refractivity contribution in [2.75, 3.05) is 17.2 Å². The molecule has 134 valence electrons. The van der Waals surface area contributed by atoms with Gasteiger partial charge in [0.2, 0.25) is 5.95 Å². The molecule has 0 bridgehead atoms. The molecular formula is C18H22ClFN4O. The lowest BCUT2D eigenvalue weighted by Crippen LogP contribution is -2.30. The Labute approximate surface area is 151 Å². The number of nitrogens with one attached hydrogen (secondary N) is 2. The first kappa shape index (κ1) is 17.9. The van der Waals surface area contributed by atoms with Crippen LogP contribution in [0.5, 0.6) is 0 Å². The van der Waals surface area contributed by atoms with E-state index < -0.39 is 5.82 Å². The summed E-state index contributed by atoms with van der Waals surface area (Å²) >= 11 is 5.95. The number of anilines is 3. The van der Waals surface area contributed by atoms with Gasteiger partial charge in [-0.15, -0.1) is 0 Å². The Kier molecular flexibility index (Phi) is 5.39. The maximum absolute atomic E-state index is 14.0. The molecule has 1 fully saturated rings. The average Bonchev–Trinajstić information content (AvgIpc) is 3.40. The third-order valence-electron chi connectivity index (χ3n) is 4.25. The number of halogens is 2. The second-order valence-electron chi connectivity index (χ2n) is 6.70. The van der Waals surface area contributed by atoms with Crippen LogP contribution < -0.4 is 10.6 Å². The van der Waals surface area contributed by atoms with Crippen molar-refractivity contribution in [2.24, 2.45) is 5.92 Å². The summed E-state index contributed by atoms with van der Waals surface area (Å²) in [5.74, 6) is 1.17. The van der Waals surface area contributed by atoms with E-state index in [2.05, 4.69) is 20.6 Å². The van der Waals surface area contributed by atoms with Gasteiger partial charge in [-0.05, 0) is 37.0 Å². The fraction of sp³-hybridized carbons (Fsp3) is 0.444. The van der Waals surface area contributed by atoms with E-state index in [1.807, 2.05) is 19.9 Å². The van der Waals surface area contributed by atoms with E-state index in [1.165, 1.54) is 18.2 Å². The highest BCUT2D eigenvalue weighted by Crippen LogP contribution is 2.40. The summed E-state index contributed by atoms with van der Waals surface area (Å²) in [5.41, 5.74) is 1.18. The molecule has 0 unspecified atom stereocenters. The van der Waals surface area contributed by atoms with E-state index in [0.29, 0.717) is 22.7 Å². The molecule has 5 nitrogen and oxygen atoms in total. The number of benzene rings is 1. The molecule has 0 radical (unpaired) electrons. The Hall–Kier alpha value is -1.92. The summed E-state index contributed by atoms with van der Waals surface area (Å²) < 4.78 is 14.0. The molecule has 25 heavy (non-hydrogen) atoms. The zero-order valence-electron chi connectivity index (χ0n) is 14.3. The lowest BCUT2D eigenvalue weighted by molar-refractivity contribution is 0.248. The van der Waals surface area contributed by atoms with Crippen LogP contribution in [0.3, 0.4) is 0 Å². The summed E-state index contributed by atoms with van der Waals surface area (Å²) in [6, 6.07) is 6.03. The van der Waals surface area contributed by atoms with E-state index in [-0.39, 0.29) is 24.3 Å². The van der Waals surface area contributed by atoms with Crippen LogP contribution in [-0.4, -0.2) is 27.7 Å². The predicted molar refractivity (Wildman–Crippen MR) is 98.0 cm³/mol. The van der Waals surface area contributed by atoms with Gasteiger partial charge in [-0.25, -0.2) is 9.37 Å². The van der Waals surface area contributed by atoms with Gasteiger partial charge in [-0.1, -0.05) is 25.4 Å². The minimum Gasteiger partial charge on any atom is -0.394 e. The smallest absolute Gasteiger partial charge is 0.225 e. The minimum atomic E-state index is -0.402. The lowest BCUT2D eigenvalue weighted by atomic mass is 10.1. The van der Waals surface area contributed by atoms with Crippen molar-refractivity contribution in [3.8, 4) is 0 Å². The van der Waals surface area contributed by atoms with Gasteiger partial charge in [0.25, 0.3) is 0 Å².